The molecule has 1 aromatic carbocycles. The number of carbonyl (C=O) groups excluding carboxylic acids is 1. The SMILES string of the molecule is C=C(CCn1cnc(-c2ccc(Cl)c(F)c2)c1)NC(=O)COC(C)COC(F)(F)F. The molecule has 2 aromatic rings. The van der Waals surface area contributed by atoms with E-state index in [0.717, 1.165) is 0 Å². The Labute approximate surface area is 175 Å². The van der Waals surface area contributed by atoms with Gasteiger partial charge < -0.3 is 14.6 Å². The Hall–Kier alpha value is -2.43. The van der Waals surface area contributed by atoms with E-state index in [1.807, 2.05) is 0 Å². The van der Waals surface area contributed by atoms with Gasteiger partial charge in [0.1, 0.15) is 12.4 Å². The molecule has 164 valence electrons. The molecule has 6 nitrogen and oxygen atoms in total. The van der Waals surface area contributed by atoms with Crippen molar-refractivity contribution in [3.8, 4) is 11.3 Å². The molecule has 1 unspecified atom stereocenters. The average molecular weight is 450 g/mol. The molecule has 1 aromatic heterocycles. The van der Waals surface area contributed by atoms with E-state index < -0.39 is 37.4 Å². The highest BCUT2D eigenvalue weighted by molar-refractivity contribution is 6.30. The molecule has 0 saturated carbocycles. The van der Waals surface area contributed by atoms with Crippen molar-refractivity contribution in [2.24, 2.45) is 0 Å². The van der Waals surface area contributed by atoms with Gasteiger partial charge in [0, 0.05) is 30.4 Å². The largest absolute Gasteiger partial charge is 0.522 e. The van der Waals surface area contributed by atoms with Crippen molar-refractivity contribution in [1.82, 2.24) is 14.9 Å². The summed E-state index contributed by atoms with van der Waals surface area (Å²) in [6, 6.07) is 4.38. The molecule has 0 aliphatic carbocycles. The number of nitrogens with zero attached hydrogens (tertiary/aromatic N) is 2. The fourth-order valence-electron chi connectivity index (χ4n) is 2.32. The second-order valence-electron chi connectivity index (χ2n) is 6.41. The number of rotatable bonds is 10. The highest BCUT2D eigenvalue weighted by Crippen LogP contribution is 2.23. The van der Waals surface area contributed by atoms with Crippen molar-refractivity contribution in [2.45, 2.75) is 32.4 Å². The van der Waals surface area contributed by atoms with Gasteiger partial charge in [-0.05, 0) is 19.1 Å². The number of hydrogen-bond acceptors (Lipinski definition) is 4. The number of aromatic nitrogens is 2. The van der Waals surface area contributed by atoms with Gasteiger partial charge in [0.05, 0.1) is 29.8 Å². The van der Waals surface area contributed by atoms with Crippen molar-refractivity contribution in [1.29, 1.82) is 0 Å². The van der Waals surface area contributed by atoms with E-state index in [-0.39, 0.29) is 5.02 Å². The van der Waals surface area contributed by atoms with Crippen LogP contribution in [-0.2, 0) is 20.8 Å². The smallest absolute Gasteiger partial charge is 0.366 e. The van der Waals surface area contributed by atoms with Gasteiger partial charge >= 0.3 is 6.36 Å². The van der Waals surface area contributed by atoms with E-state index in [9.17, 15) is 22.4 Å². The molecule has 1 heterocycles. The summed E-state index contributed by atoms with van der Waals surface area (Å²) in [6.07, 6.45) is -2.01. The average Bonchev–Trinajstić information content (AvgIpc) is 3.14. The molecule has 0 spiro atoms. The van der Waals surface area contributed by atoms with Crippen LogP contribution in [0.2, 0.25) is 5.02 Å². The first-order chi connectivity index (χ1) is 14.0. The van der Waals surface area contributed by atoms with Gasteiger partial charge in [-0.15, -0.1) is 13.2 Å². The van der Waals surface area contributed by atoms with Crippen molar-refractivity contribution in [3.63, 3.8) is 0 Å². The van der Waals surface area contributed by atoms with Crippen LogP contribution < -0.4 is 5.32 Å². The van der Waals surface area contributed by atoms with Gasteiger partial charge in [0.15, 0.2) is 0 Å². The van der Waals surface area contributed by atoms with Crippen LogP contribution in [0.5, 0.6) is 0 Å². The Morgan fingerprint density at radius 1 is 1.40 bits per heavy atom. The summed E-state index contributed by atoms with van der Waals surface area (Å²) >= 11 is 5.67. The topological polar surface area (TPSA) is 65.4 Å². The minimum absolute atomic E-state index is 0.0245. The number of carbonyl (C=O) groups is 1. The zero-order valence-electron chi connectivity index (χ0n) is 16.0. The summed E-state index contributed by atoms with van der Waals surface area (Å²) in [5.41, 5.74) is 1.53. The highest BCUT2D eigenvalue weighted by atomic mass is 35.5. The number of nitrogens with one attached hydrogen (secondary N) is 1. The van der Waals surface area contributed by atoms with Crippen molar-refractivity contribution in [2.75, 3.05) is 13.2 Å². The third-order valence-corrected chi connectivity index (χ3v) is 4.12. The van der Waals surface area contributed by atoms with Crippen LogP contribution >= 0.6 is 11.6 Å². The highest BCUT2D eigenvalue weighted by Gasteiger charge is 2.29. The van der Waals surface area contributed by atoms with E-state index in [1.54, 1.807) is 23.2 Å². The lowest BCUT2D eigenvalue weighted by Crippen LogP contribution is -2.31. The Morgan fingerprint density at radius 2 is 2.13 bits per heavy atom. The molecule has 0 saturated heterocycles. The molecule has 0 aliphatic heterocycles. The minimum Gasteiger partial charge on any atom is -0.366 e. The summed E-state index contributed by atoms with van der Waals surface area (Å²) in [6.45, 7) is 4.39. The number of alkyl halides is 3. The van der Waals surface area contributed by atoms with E-state index in [1.165, 1.54) is 19.1 Å². The lowest BCUT2D eigenvalue weighted by molar-refractivity contribution is -0.330. The predicted octanol–water partition coefficient (Wildman–Crippen LogP) is 4.30. The molecule has 1 N–H and O–H groups in total. The summed E-state index contributed by atoms with van der Waals surface area (Å²) in [7, 11) is 0. The van der Waals surface area contributed by atoms with Crippen molar-refractivity contribution >= 4 is 17.5 Å². The Morgan fingerprint density at radius 3 is 2.80 bits per heavy atom. The zero-order valence-corrected chi connectivity index (χ0v) is 16.8. The Bertz CT molecular complexity index is 886. The predicted molar refractivity (Wildman–Crippen MR) is 102 cm³/mol. The minimum atomic E-state index is -4.75. The fourth-order valence-corrected chi connectivity index (χ4v) is 2.44. The molecule has 2 rings (SSSR count). The van der Waals surface area contributed by atoms with Crippen LogP contribution in [0.3, 0.4) is 0 Å². The molecule has 30 heavy (non-hydrogen) atoms. The Balaban J connectivity index is 1.73. The number of allylic oxidation sites excluding steroid dienone is 1. The standard InChI is InChI=1S/C19H20ClF4N3O3/c1-12(26-18(28)10-29-13(2)9-30-19(22,23)24)5-6-27-8-17(25-11-27)14-3-4-15(20)16(21)7-14/h3-4,7-8,11,13H,1,5-6,9-10H2,2H3,(H,26,28). The molecule has 1 atom stereocenters. The van der Waals surface area contributed by atoms with Gasteiger partial charge in [0.25, 0.3) is 0 Å². The molecule has 11 heteroatoms. The first-order valence-corrected chi connectivity index (χ1v) is 9.18. The summed E-state index contributed by atoms with van der Waals surface area (Å²) < 4.78 is 59.8. The van der Waals surface area contributed by atoms with E-state index >= 15 is 0 Å². The molecular formula is C19H20ClF4N3O3. The molecule has 0 radical (unpaired) electrons. The number of halogens is 5. The first-order valence-electron chi connectivity index (χ1n) is 8.80. The van der Waals surface area contributed by atoms with Crippen LogP contribution in [-0.4, -0.2) is 41.1 Å². The normalized spacial score (nSPS) is 12.6. The van der Waals surface area contributed by atoms with Crippen molar-refractivity contribution in [3.05, 3.63) is 53.8 Å². The third kappa shape index (κ3) is 8.13. The number of aryl methyl sites for hydroxylation is 1. The second-order valence-corrected chi connectivity index (χ2v) is 6.81. The van der Waals surface area contributed by atoms with Crippen LogP contribution in [0, 0.1) is 5.82 Å². The van der Waals surface area contributed by atoms with E-state index in [0.29, 0.717) is 29.9 Å². The Kier molecular flexibility index (Phi) is 8.39. The zero-order chi connectivity index (χ0) is 22.3. The summed E-state index contributed by atoms with van der Waals surface area (Å²) in [5.74, 6) is -1.08. The molecule has 0 fully saturated rings. The van der Waals surface area contributed by atoms with E-state index in [4.69, 9.17) is 16.3 Å². The molecule has 0 aliphatic rings. The number of imidazole rings is 1. The maximum atomic E-state index is 13.6. The maximum absolute atomic E-state index is 13.6. The fraction of sp³-hybridized carbons (Fsp3) is 0.368. The second kappa shape index (κ2) is 10.6. The van der Waals surface area contributed by atoms with Crippen LogP contribution in [0.15, 0.2) is 43.0 Å². The maximum Gasteiger partial charge on any atom is 0.522 e. The number of amides is 1. The summed E-state index contributed by atoms with van der Waals surface area (Å²) in [4.78, 5) is 16.0. The number of hydrogen-bond donors (Lipinski definition) is 1. The van der Waals surface area contributed by atoms with Crippen LogP contribution in [0.4, 0.5) is 17.6 Å². The van der Waals surface area contributed by atoms with Gasteiger partial charge in [0.2, 0.25) is 5.91 Å². The van der Waals surface area contributed by atoms with Crippen LogP contribution in [0.25, 0.3) is 11.3 Å². The number of benzene rings is 1. The first kappa shape index (κ1) is 23.8. The lowest BCUT2D eigenvalue weighted by Gasteiger charge is -2.15. The van der Waals surface area contributed by atoms with Gasteiger partial charge in [-0.1, -0.05) is 24.2 Å². The molecule has 1 amide bonds. The monoisotopic (exact) mass is 449 g/mol. The van der Waals surface area contributed by atoms with E-state index in [2.05, 4.69) is 21.6 Å². The number of ether oxygens (including phenoxy) is 2. The lowest BCUT2D eigenvalue weighted by atomic mass is 10.2. The quantitative estimate of drug-likeness (QED) is 0.549. The molecular weight excluding hydrogens is 430 g/mol. The van der Waals surface area contributed by atoms with Crippen molar-refractivity contribution < 1.29 is 31.8 Å². The van der Waals surface area contributed by atoms with Gasteiger partial charge in [-0.2, -0.15) is 0 Å². The summed E-state index contributed by atoms with van der Waals surface area (Å²) in [5, 5.41) is 2.54. The molecule has 0 bridgehead atoms. The van der Waals surface area contributed by atoms with Gasteiger partial charge in [-0.25, -0.2) is 9.37 Å². The third-order valence-electron chi connectivity index (χ3n) is 3.82. The van der Waals surface area contributed by atoms with Crippen LogP contribution in [0.1, 0.15) is 13.3 Å². The van der Waals surface area contributed by atoms with Gasteiger partial charge in [-0.3, -0.25) is 9.53 Å².